The van der Waals surface area contributed by atoms with Crippen molar-refractivity contribution in [2.24, 2.45) is 0 Å². The van der Waals surface area contributed by atoms with Crippen LogP contribution in [0.3, 0.4) is 0 Å². The maximum atomic E-state index is 12.6. The number of imide groups is 1. The van der Waals surface area contributed by atoms with Crippen LogP contribution < -0.4 is 5.32 Å². The smallest absolute Gasteiger partial charge is 0.262 e. The summed E-state index contributed by atoms with van der Waals surface area (Å²) in [5, 5.41) is 2.82. The Balaban J connectivity index is 1.32. The quantitative estimate of drug-likeness (QED) is 0.468. The molecule has 164 valence electrons. The maximum Gasteiger partial charge on any atom is 0.262 e. The first kappa shape index (κ1) is 20.6. The van der Waals surface area contributed by atoms with Gasteiger partial charge in [-0.3, -0.25) is 19.3 Å². The average Bonchev–Trinajstić information content (AvgIpc) is 3.30. The highest BCUT2D eigenvalue weighted by Gasteiger charge is 2.36. The van der Waals surface area contributed by atoms with Crippen LogP contribution in [0.1, 0.15) is 37.7 Å². The number of amides is 3. The van der Waals surface area contributed by atoms with Crippen LogP contribution >= 0.6 is 0 Å². The van der Waals surface area contributed by atoms with Crippen molar-refractivity contribution in [3.05, 3.63) is 101 Å². The van der Waals surface area contributed by atoms with Gasteiger partial charge in [-0.15, -0.1) is 0 Å². The Morgan fingerprint density at radius 1 is 0.879 bits per heavy atom. The lowest BCUT2D eigenvalue weighted by molar-refractivity contribution is -0.121. The van der Waals surface area contributed by atoms with Gasteiger partial charge in [-0.1, -0.05) is 54.1 Å². The van der Waals surface area contributed by atoms with Crippen LogP contribution in [-0.4, -0.2) is 38.7 Å². The van der Waals surface area contributed by atoms with E-state index in [4.69, 9.17) is 4.98 Å². The topological polar surface area (TPSA) is 84.3 Å². The van der Waals surface area contributed by atoms with Crippen LogP contribution in [0.2, 0.25) is 0 Å². The van der Waals surface area contributed by atoms with E-state index in [1.54, 1.807) is 24.3 Å². The van der Waals surface area contributed by atoms with Gasteiger partial charge in [0.1, 0.15) is 12.4 Å². The minimum absolute atomic E-state index is 0.183. The predicted molar refractivity (Wildman–Crippen MR) is 124 cm³/mol. The van der Waals surface area contributed by atoms with Gasteiger partial charge < -0.3 is 9.88 Å². The van der Waals surface area contributed by atoms with E-state index in [-0.39, 0.29) is 13.1 Å². The second-order valence-electron chi connectivity index (χ2n) is 8.11. The second-order valence-corrected chi connectivity index (χ2v) is 8.11. The van der Waals surface area contributed by atoms with Crippen molar-refractivity contribution in [2.45, 2.75) is 20.0 Å². The van der Waals surface area contributed by atoms with E-state index in [9.17, 15) is 14.4 Å². The largest absolute Gasteiger partial charge is 0.347 e. The minimum Gasteiger partial charge on any atom is -0.347 e. The molecule has 1 aliphatic heterocycles. The van der Waals surface area contributed by atoms with Crippen LogP contribution in [0.15, 0.2) is 72.8 Å². The lowest BCUT2D eigenvalue weighted by Crippen LogP contribution is -2.40. The first-order valence-corrected chi connectivity index (χ1v) is 10.7. The van der Waals surface area contributed by atoms with E-state index in [2.05, 4.69) is 34.1 Å². The van der Waals surface area contributed by atoms with Crippen molar-refractivity contribution in [3.8, 4) is 0 Å². The number of aryl methyl sites for hydroxylation is 1. The molecule has 1 N–H and O–H groups in total. The van der Waals surface area contributed by atoms with Gasteiger partial charge in [0.25, 0.3) is 11.8 Å². The number of carbonyl (C=O) groups is 3. The summed E-state index contributed by atoms with van der Waals surface area (Å²) in [5.41, 5.74) is 4.79. The fraction of sp³-hybridized carbons (Fsp3) is 0.154. The summed E-state index contributed by atoms with van der Waals surface area (Å²) in [6, 6.07) is 22.7. The zero-order valence-corrected chi connectivity index (χ0v) is 18.1. The first-order valence-electron chi connectivity index (χ1n) is 10.7. The van der Waals surface area contributed by atoms with E-state index < -0.39 is 17.7 Å². The second kappa shape index (κ2) is 8.35. The highest BCUT2D eigenvalue weighted by atomic mass is 16.2. The Bertz CT molecular complexity index is 1350. The van der Waals surface area contributed by atoms with Gasteiger partial charge in [-0.2, -0.15) is 0 Å². The van der Waals surface area contributed by atoms with Crippen molar-refractivity contribution in [1.82, 2.24) is 19.8 Å². The lowest BCUT2D eigenvalue weighted by atomic mass is 10.1. The number of carbonyl (C=O) groups excluding carboxylic acids is 3. The molecule has 7 nitrogen and oxygen atoms in total. The van der Waals surface area contributed by atoms with Crippen LogP contribution in [0.25, 0.3) is 11.0 Å². The standard InChI is InChI=1S/C26H22N4O3/c1-17-10-12-18(13-11-17)15-29-22-9-5-4-8-21(22)28-23(29)14-27-24(31)16-30-25(32)19-6-2-3-7-20(19)26(30)33/h2-13H,14-16H2,1H3,(H,27,31). The molecule has 0 atom stereocenters. The molecule has 0 spiro atoms. The molecule has 33 heavy (non-hydrogen) atoms. The number of fused-ring (bicyclic) bond motifs is 2. The maximum absolute atomic E-state index is 12.6. The lowest BCUT2D eigenvalue weighted by Gasteiger charge is -2.14. The summed E-state index contributed by atoms with van der Waals surface area (Å²) < 4.78 is 2.07. The Kier molecular flexibility index (Phi) is 5.22. The fourth-order valence-corrected chi connectivity index (χ4v) is 4.07. The molecule has 0 saturated carbocycles. The molecule has 2 heterocycles. The molecule has 3 amide bonds. The summed E-state index contributed by atoms with van der Waals surface area (Å²) in [5.74, 6) is -0.611. The van der Waals surface area contributed by atoms with Gasteiger partial charge in [-0.25, -0.2) is 4.98 Å². The van der Waals surface area contributed by atoms with Crippen LogP contribution in [0, 0.1) is 6.92 Å². The van der Waals surface area contributed by atoms with Gasteiger partial charge in [0.2, 0.25) is 5.91 Å². The molecular weight excluding hydrogens is 416 g/mol. The summed E-state index contributed by atoms with van der Waals surface area (Å²) in [4.78, 5) is 43.4. The van der Waals surface area contributed by atoms with Gasteiger partial charge >= 0.3 is 0 Å². The number of hydrogen-bond donors (Lipinski definition) is 1. The molecule has 1 aliphatic rings. The SMILES string of the molecule is Cc1ccc(Cn2c(CNC(=O)CN3C(=O)c4ccccc4C3=O)nc3ccccc32)cc1. The van der Waals surface area contributed by atoms with Crippen molar-refractivity contribution < 1.29 is 14.4 Å². The van der Waals surface area contributed by atoms with E-state index in [0.29, 0.717) is 23.5 Å². The third-order valence-corrected chi connectivity index (χ3v) is 5.82. The van der Waals surface area contributed by atoms with Gasteiger partial charge in [0, 0.05) is 6.54 Å². The molecule has 0 bridgehead atoms. The highest BCUT2D eigenvalue weighted by molar-refractivity contribution is 6.22. The van der Waals surface area contributed by atoms with E-state index in [1.165, 1.54) is 5.56 Å². The number of rotatable bonds is 6. The Morgan fingerprint density at radius 3 is 2.21 bits per heavy atom. The molecule has 1 aromatic heterocycles. The minimum atomic E-state index is -0.447. The highest BCUT2D eigenvalue weighted by Crippen LogP contribution is 2.22. The van der Waals surface area contributed by atoms with Crippen LogP contribution in [-0.2, 0) is 17.9 Å². The summed E-state index contributed by atoms with van der Waals surface area (Å²) in [6.07, 6.45) is 0. The Hall–Kier alpha value is -4.26. The molecular formula is C26H22N4O3. The van der Waals surface area contributed by atoms with Crippen molar-refractivity contribution in [2.75, 3.05) is 6.54 Å². The number of para-hydroxylation sites is 2. The number of benzene rings is 3. The normalized spacial score (nSPS) is 12.9. The number of aromatic nitrogens is 2. The van der Waals surface area contributed by atoms with Gasteiger partial charge in [0.15, 0.2) is 0 Å². The molecule has 0 saturated heterocycles. The molecule has 3 aromatic carbocycles. The van der Waals surface area contributed by atoms with E-state index in [0.717, 1.165) is 21.5 Å². The molecule has 0 radical (unpaired) electrons. The number of imidazole rings is 1. The zero-order chi connectivity index (χ0) is 22.9. The molecule has 5 rings (SSSR count). The third kappa shape index (κ3) is 3.89. The average molecular weight is 438 g/mol. The van der Waals surface area contributed by atoms with Crippen molar-refractivity contribution in [1.29, 1.82) is 0 Å². The number of nitrogens with zero attached hydrogens (tertiary/aromatic N) is 3. The Morgan fingerprint density at radius 2 is 1.52 bits per heavy atom. The molecule has 4 aromatic rings. The van der Waals surface area contributed by atoms with E-state index in [1.807, 2.05) is 31.2 Å². The van der Waals surface area contributed by atoms with E-state index >= 15 is 0 Å². The summed E-state index contributed by atoms with van der Waals surface area (Å²) in [7, 11) is 0. The van der Waals surface area contributed by atoms with Crippen molar-refractivity contribution >= 4 is 28.8 Å². The predicted octanol–water partition coefficient (Wildman–Crippen LogP) is 3.31. The summed E-state index contributed by atoms with van der Waals surface area (Å²) in [6.45, 7) is 2.52. The Labute approximate surface area is 190 Å². The molecule has 0 unspecified atom stereocenters. The number of hydrogen-bond acceptors (Lipinski definition) is 4. The van der Waals surface area contributed by atoms with Crippen molar-refractivity contribution in [3.63, 3.8) is 0 Å². The number of nitrogens with one attached hydrogen (secondary N) is 1. The van der Waals surface area contributed by atoms with Crippen LogP contribution in [0.5, 0.6) is 0 Å². The zero-order valence-electron chi connectivity index (χ0n) is 18.1. The molecule has 0 fully saturated rings. The summed E-state index contributed by atoms with van der Waals surface area (Å²) >= 11 is 0. The fourth-order valence-electron chi connectivity index (χ4n) is 4.07. The first-order chi connectivity index (χ1) is 16.0. The monoisotopic (exact) mass is 438 g/mol. The van der Waals surface area contributed by atoms with Gasteiger partial charge in [0.05, 0.1) is 28.7 Å². The molecule has 0 aliphatic carbocycles. The molecule has 7 heteroatoms. The van der Waals surface area contributed by atoms with Gasteiger partial charge in [-0.05, 0) is 36.8 Å². The van der Waals surface area contributed by atoms with Crippen LogP contribution in [0.4, 0.5) is 0 Å². The third-order valence-electron chi connectivity index (χ3n) is 5.82.